The van der Waals surface area contributed by atoms with Crippen molar-refractivity contribution in [3.63, 3.8) is 0 Å². The van der Waals surface area contributed by atoms with Gasteiger partial charge in [-0.15, -0.1) is 0 Å². The summed E-state index contributed by atoms with van der Waals surface area (Å²) < 4.78 is 34.3. The van der Waals surface area contributed by atoms with E-state index in [2.05, 4.69) is 14.2 Å². The maximum absolute atomic E-state index is 12.2. The molecule has 120 valence electrons. The first-order valence-corrected chi connectivity index (χ1v) is 9.23. The number of methoxy groups -OCH3 is 1. The summed E-state index contributed by atoms with van der Waals surface area (Å²) >= 11 is 0. The van der Waals surface area contributed by atoms with E-state index in [-0.39, 0.29) is 18.5 Å². The van der Waals surface area contributed by atoms with Crippen molar-refractivity contribution in [2.24, 2.45) is 17.8 Å². The molecule has 2 N–H and O–H groups in total. The number of nitrogens with one attached hydrogen (secondary N) is 2. The van der Waals surface area contributed by atoms with Crippen molar-refractivity contribution in [2.75, 3.05) is 13.7 Å². The molecule has 0 aromatic heterocycles. The van der Waals surface area contributed by atoms with Crippen molar-refractivity contribution >= 4 is 16.2 Å². The van der Waals surface area contributed by atoms with Crippen LogP contribution in [0.3, 0.4) is 0 Å². The van der Waals surface area contributed by atoms with Crippen LogP contribution in [0.4, 0.5) is 0 Å². The molecule has 0 spiro atoms. The number of rotatable bonds is 6. The molecule has 0 aromatic rings. The highest BCUT2D eigenvalue weighted by Crippen LogP contribution is 2.55. The average molecular weight is 316 g/mol. The van der Waals surface area contributed by atoms with Gasteiger partial charge in [0.15, 0.2) is 0 Å². The third-order valence-corrected chi connectivity index (χ3v) is 6.52. The van der Waals surface area contributed by atoms with Crippen molar-refractivity contribution in [1.82, 2.24) is 9.44 Å². The SMILES string of the molecule is COC(=O)CCNS(=O)(=O)NC12CC3CC(CC(C3)C1)C2. The monoisotopic (exact) mass is 316 g/mol. The van der Waals surface area contributed by atoms with Crippen LogP contribution in [0.15, 0.2) is 0 Å². The number of carbonyl (C=O) groups is 1. The Kier molecular flexibility index (Phi) is 4.00. The minimum Gasteiger partial charge on any atom is -0.469 e. The van der Waals surface area contributed by atoms with Crippen LogP contribution in [0.1, 0.15) is 44.9 Å². The Balaban J connectivity index is 1.59. The Morgan fingerprint density at radius 3 is 2.14 bits per heavy atom. The molecule has 0 unspecified atom stereocenters. The number of hydrogen-bond donors (Lipinski definition) is 2. The molecule has 4 rings (SSSR count). The summed E-state index contributed by atoms with van der Waals surface area (Å²) in [5.74, 6) is 1.66. The highest BCUT2D eigenvalue weighted by Gasteiger charge is 2.52. The van der Waals surface area contributed by atoms with Gasteiger partial charge in [-0.2, -0.15) is 13.1 Å². The Hall–Kier alpha value is -0.660. The van der Waals surface area contributed by atoms with Crippen LogP contribution in [-0.4, -0.2) is 33.6 Å². The molecule has 0 aliphatic heterocycles. The van der Waals surface area contributed by atoms with E-state index in [1.54, 1.807) is 0 Å². The van der Waals surface area contributed by atoms with Gasteiger partial charge in [0.25, 0.3) is 10.2 Å². The number of ether oxygens (including phenoxy) is 1. The number of hydrogen-bond acceptors (Lipinski definition) is 4. The van der Waals surface area contributed by atoms with Gasteiger partial charge < -0.3 is 4.74 Å². The summed E-state index contributed by atoms with van der Waals surface area (Å²) in [4.78, 5) is 11.0. The van der Waals surface area contributed by atoms with E-state index in [4.69, 9.17) is 0 Å². The molecule has 0 atom stereocenters. The topological polar surface area (TPSA) is 84.5 Å². The maximum atomic E-state index is 12.2. The van der Waals surface area contributed by atoms with Gasteiger partial charge >= 0.3 is 5.97 Å². The lowest BCUT2D eigenvalue weighted by molar-refractivity contribution is -0.140. The van der Waals surface area contributed by atoms with Gasteiger partial charge in [0.1, 0.15) is 0 Å². The van der Waals surface area contributed by atoms with Crippen molar-refractivity contribution in [2.45, 2.75) is 50.5 Å². The second-order valence-corrected chi connectivity index (χ2v) is 8.52. The first-order valence-electron chi connectivity index (χ1n) is 7.75. The summed E-state index contributed by atoms with van der Waals surface area (Å²) in [7, 11) is -2.26. The van der Waals surface area contributed by atoms with Gasteiger partial charge in [-0.1, -0.05) is 0 Å². The minimum absolute atomic E-state index is 0.0539. The fourth-order valence-electron chi connectivity index (χ4n) is 4.95. The quantitative estimate of drug-likeness (QED) is 0.714. The molecule has 6 nitrogen and oxygen atoms in total. The summed E-state index contributed by atoms with van der Waals surface area (Å²) in [6.45, 7) is 0.0778. The van der Waals surface area contributed by atoms with Crippen LogP contribution in [0.2, 0.25) is 0 Å². The number of carbonyl (C=O) groups excluding carboxylic acids is 1. The molecule has 0 aromatic carbocycles. The van der Waals surface area contributed by atoms with E-state index < -0.39 is 16.2 Å². The lowest BCUT2D eigenvalue weighted by atomic mass is 9.53. The smallest absolute Gasteiger partial charge is 0.306 e. The maximum Gasteiger partial charge on any atom is 0.306 e. The Labute approximate surface area is 126 Å². The van der Waals surface area contributed by atoms with Crippen molar-refractivity contribution in [1.29, 1.82) is 0 Å². The standard InChI is InChI=1S/C14H24N2O4S/c1-20-13(17)2-3-15-21(18,19)16-14-7-10-4-11(8-14)6-12(5-10)9-14/h10-12,15-16H,2-9H2,1H3. The minimum atomic E-state index is -3.56. The molecule has 4 saturated carbocycles. The van der Waals surface area contributed by atoms with Crippen LogP contribution in [-0.2, 0) is 19.7 Å². The molecule has 4 aliphatic carbocycles. The summed E-state index contributed by atoms with van der Waals surface area (Å²) in [6.07, 6.45) is 6.78. The molecule has 0 radical (unpaired) electrons. The second kappa shape index (κ2) is 5.52. The van der Waals surface area contributed by atoms with E-state index in [0.717, 1.165) is 19.3 Å². The molecule has 0 amide bonds. The van der Waals surface area contributed by atoms with E-state index in [9.17, 15) is 13.2 Å². The van der Waals surface area contributed by atoms with E-state index in [0.29, 0.717) is 17.8 Å². The largest absolute Gasteiger partial charge is 0.469 e. The second-order valence-electron chi connectivity index (χ2n) is 7.02. The predicted octanol–water partition coefficient (Wildman–Crippen LogP) is 0.942. The molecule has 21 heavy (non-hydrogen) atoms. The van der Waals surface area contributed by atoms with E-state index in [1.165, 1.54) is 26.4 Å². The van der Waals surface area contributed by atoms with Crippen molar-refractivity contribution < 1.29 is 17.9 Å². The Bertz CT molecular complexity index is 482. The van der Waals surface area contributed by atoms with Crippen LogP contribution in [0, 0.1) is 17.8 Å². The zero-order valence-electron chi connectivity index (χ0n) is 12.4. The summed E-state index contributed by atoms with van der Waals surface area (Å²) in [6, 6.07) is 0. The van der Waals surface area contributed by atoms with Crippen LogP contribution >= 0.6 is 0 Å². The Morgan fingerprint density at radius 1 is 1.14 bits per heavy atom. The first kappa shape index (κ1) is 15.2. The Morgan fingerprint density at radius 2 is 1.67 bits per heavy atom. The van der Waals surface area contributed by atoms with Crippen LogP contribution < -0.4 is 9.44 Å². The third-order valence-electron chi connectivity index (χ3n) is 5.24. The van der Waals surface area contributed by atoms with E-state index in [1.807, 2.05) is 0 Å². The molecular weight excluding hydrogens is 292 g/mol. The van der Waals surface area contributed by atoms with Crippen LogP contribution in [0.5, 0.6) is 0 Å². The molecule has 0 saturated heterocycles. The average Bonchev–Trinajstić information content (AvgIpc) is 2.35. The fourth-order valence-corrected chi connectivity index (χ4v) is 6.21. The van der Waals surface area contributed by atoms with Gasteiger partial charge in [-0.3, -0.25) is 4.79 Å². The van der Waals surface area contributed by atoms with E-state index >= 15 is 0 Å². The molecule has 4 aliphatic rings. The summed E-state index contributed by atoms with van der Waals surface area (Å²) in [5.41, 5.74) is -0.244. The van der Waals surface area contributed by atoms with Crippen molar-refractivity contribution in [3.05, 3.63) is 0 Å². The fraction of sp³-hybridized carbons (Fsp3) is 0.929. The predicted molar refractivity (Wildman–Crippen MR) is 77.6 cm³/mol. The molecule has 0 heterocycles. The highest BCUT2D eigenvalue weighted by atomic mass is 32.2. The highest BCUT2D eigenvalue weighted by molar-refractivity contribution is 7.87. The van der Waals surface area contributed by atoms with Crippen molar-refractivity contribution in [3.8, 4) is 0 Å². The summed E-state index contributed by atoms with van der Waals surface area (Å²) in [5, 5.41) is 0. The molecule has 4 bridgehead atoms. The van der Waals surface area contributed by atoms with Gasteiger partial charge in [0.2, 0.25) is 0 Å². The molecular formula is C14H24N2O4S. The normalized spacial score (nSPS) is 37.7. The van der Waals surface area contributed by atoms with Gasteiger partial charge in [0, 0.05) is 12.1 Å². The first-order chi connectivity index (χ1) is 9.90. The molecule has 4 fully saturated rings. The van der Waals surface area contributed by atoms with Gasteiger partial charge in [-0.05, 0) is 56.3 Å². The van der Waals surface area contributed by atoms with Crippen LogP contribution in [0.25, 0.3) is 0 Å². The zero-order valence-corrected chi connectivity index (χ0v) is 13.2. The zero-order chi connectivity index (χ0) is 15.1. The lowest BCUT2D eigenvalue weighted by Gasteiger charge is -2.56. The van der Waals surface area contributed by atoms with Gasteiger partial charge in [-0.25, -0.2) is 4.72 Å². The molecule has 7 heteroatoms. The number of esters is 1. The third kappa shape index (κ3) is 3.40. The lowest BCUT2D eigenvalue weighted by Crippen LogP contribution is -2.61. The van der Waals surface area contributed by atoms with Gasteiger partial charge in [0.05, 0.1) is 13.5 Å².